The summed E-state index contributed by atoms with van der Waals surface area (Å²) in [6.07, 6.45) is 12.0. The number of sulfone groups is 1. The summed E-state index contributed by atoms with van der Waals surface area (Å²) in [4.78, 5) is 12.5. The Hall–Kier alpha value is -0.620. The van der Waals surface area contributed by atoms with Gasteiger partial charge >= 0.3 is 0 Å². The predicted molar refractivity (Wildman–Crippen MR) is 107 cm³/mol. The number of fused-ring (bicyclic) bond motifs is 5. The van der Waals surface area contributed by atoms with Crippen molar-refractivity contribution in [1.82, 2.24) is 5.32 Å². The van der Waals surface area contributed by atoms with E-state index in [9.17, 15) is 13.2 Å². The zero-order chi connectivity index (χ0) is 19.9. The topological polar surface area (TPSA) is 72.5 Å². The van der Waals surface area contributed by atoms with Gasteiger partial charge in [0.2, 0.25) is 5.91 Å². The Morgan fingerprint density at radius 3 is 2.36 bits per heavy atom. The molecule has 3 unspecified atom stereocenters. The first-order valence-electron chi connectivity index (χ1n) is 11.3. The maximum absolute atomic E-state index is 12.5. The third kappa shape index (κ3) is 2.80. The van der Waals surface area contributed by atoms with Crippen LogP contribution in [0, 0.1) is 28.6 Å². The molecule has 1 heterocycles. The normalized spacial score (nSPS) is 51.0. The van der Waals surface area contributed by atoms with Gasteiger partial charge in [0, 0.05) is 12.3 Å². The van der Waals surface area contributed by atoms with E-state index in [1.807, 2.05) is 0 Å². The molecule has 0 aromatic rings. The molecule has 5 nitrogen and oxygen atoms in total. The van der Waals surface area contributed by atoms with Crippen LogP contribution in [0.15, 0.2) is 0 Å². The average molecular weight is 410 g/mol. The lowest BCUT2D eigenvalue weighted by Crippen LogP contribution is -2.65. The molecule has 0 aromatic heterocycles. The SMILES string of the molecule is C[C@]12CC(S(C)(=O)=O)C(=O)NC1CC[C@@H]1[C@H]2CC[C@]2(C)C(OC3CC3)CC[C@@H]12. The van der Waals surface area contributed by atoms with Crippen molar-refractivity contribution in [2.45, 2.75) is 95.1 Å². The van der Waals surface area contributed by atoms with Crippen LogP contribution in [0.25, 0.3) is 0 Å². The Morgan fingerprint density at radius 1 is 0.964 bits per heavy atom. The van der Waals surface area contributed by atoms with Gasteiger partial charge in [0.15, 0.2) is 9.84 Å². The van der Waals surface area contributed by atoms with Gasteiger partial charge in [-0.1, -0.05) is 13.8 Å². The van der Waals surface area contributed by atoms with Crippen LogP contribution in [0.3, 0.4) is 0 Å². The molecule has 5 rings (SSSR count). The zero-order valence-corrected chi connectivity index (χ0v) is 18.3. The lowest BCUT2D eigenvalue weighted by atomic mass is 9.47. The van der Waals surface area contributed by atoms with E-state index in [1.54, 1.807) is 0 Å². The van der Waals surface area contributed by atoms with E-state index in [-0.39, 0.29) is 22.8 Å². The van der Waals surface area contributed by atoms with Crippen LogP contribution in [0.1, 0.15) is 71.6 Å². The van der Waals surface area contributed by atoms with Crippen molar-refractivity contribution >= 4 is 15.7 Å². The Kier molecular flexibility index (Phi) is 4.28. The summed E-state index contributed by atoms with van der Waals surface area (Å²) >= 11 is 0. The predicted octanol–water partition coefficient (Wildman–Crippen LogP) is 3.08. The second-order valence-electron chi connectivity index (χ2n) is 11.0. The highest BCUT2D eigenvalue weighted by molar-refractivity contribution is 7.92. The summed E-state index contributed by atoms with van der Waals surface area (Å²) < 4.78 is 31.0. The summed E-state index contributed by atoms with van der Waals surface area (Å²) in [6, 6.07) is 0.128. The van der Waals surface area contributed by atoms with Crippen LogP contribution >= 0.6 is 0 Å². The number of piperidine rings is 1. The van der Waals surface area contributed by atoms with Gasteiger partial charge in [0.05, 0.1) is 12.2 Å². The third-order valence-corrected chi connectivity index (χ3v) is 10.8. The molecule has 1 N–H and O–H groups in total. The molecule has 0 aromatic carbocycles. The van der Waals surface area contributed by atoms with Gasteiger partial charge in [-0.25, -0.2) is 8.42 Å². The Labute approximate surface area is 169 Å². The molecule has 158 valence electrons. The maximum atomic E-state index is 12.5. The van der Waals surface area contributed by atoms with Gasteiger partial charge in [0.25, 0.3) is 0 Å². The molecule has 0 spiro atoms. The number of rotatable bonds is 3. The van der Waals surface area contributed by atoms with Gasteiger partial charge in [-0.05, 0) is 86.4 Å². The fourth-order valence-electron chi connectivity index (χ4n) is 7.70. The molecule has 4 aliphatic carbocycles. The van der Waals surface area contributed by atoms with Gasteiger partial charge in [-0.2, -0.15) is 0 Å². The van der Waals surface area contributed by atoms with Crippen molar-refractivity contribution in [3.63, 3.8) is 0 Å². The van der Waals surface area contributed by atoms with E-state index < -0.39 is 15.1 Å². The summed E-state index contributed by atoms with van der Waals surface area (Å²) in [6.45, 7) is 4.73. The van der Waals surface area contributed by atoms with E-state index in [0.29, 0.717) is 36.4 Å². The van der Waals surface area contributed by atoms with Crippen molar-refractivity contribution in [2.75, 3.05) is 6.26 Å². The quantitative estimate of drug-likeness (QED) is 0.777. The number of amides is 1. The molecule has 0 bridgehead atoms. The standard InChI is InChI=1S/C22H35NO4S/c1-21-11-10-16-14(15(21)7-9-19(21)27-13-4-5-13)6-8-18-22(16,2)12-17(20(24)23-18)28(3,25)26/h13-19H,4-12H2,1-3H3,(H,23,24)/t14-,15-,16+,17?,18?,19?,21-,22+/m0/s1. The van der Waals surface area contributed by atoms with Crippen LogP contribution < -0.4 is 5.32 Å². The van der Waals surface area contributed by atoms with Crippen molar-refractivity contribution < 1.29 is 17.9 Å². The molecule has 0 radical (unpaired) electrons. The minimum absolute atomic E-state index is 0.110. The monoisotopic (exact) mass is 409 g/mol. The van der Waals surface area contributed by atoms with E-state index in [4.69, 9.17) is 4.74 Å². The van der Waals surface area contributed by atoms with Crippen LogP contribution in [-0.2, 0) is 19.4 Å². The van der Waals surface area contributed by atoms with Crippen LogP contribution in [-0.4, -0.2) is 44.1 Å². The van der Waals surface area contributed by atoms with Gasteiger partial charge < -0.3 is 10.1 Å². The van der Waals surface area contributed by atoms with Gasteiger partial charge in [0.1, 0.15) is 5.25 Å². The van der Waals surface area contributed by atoms with Crippen molar-refractivity contribution in [3.05, 3.63) is 0 Å². The number of hydrogen-bond acceptors (Lipinski definition) is 4. The number of hydrogen-bond donors (Lipinski definition) is 1. The molecule has 5 fully saturated rings. The molecule has 6 heteroatoms. The zero-order valence-electron chi connectivity index (χ0n) is 17.4. The molecule has 4 saturated carbocycles. The van der Waals surface area contributed by atoms with E-state index in [2.05, 4.69) is 19.2 Å². The fraction of sp³-hybridized carbons (Fsp3) is 0.955. The first-order valence-corrected chi connectivity index (χ1v) is 13.2. The van der Waals surface area contributed by atoms with Gasteiger partial charge in [-0.15, -0.1) is 0 Å². The second-order valence-corrected chi connectivity index (χ2v) is 13.2. The van der Waals surface area contributed by atoms with E-state index in [1.165, 1.54) is 38.4 Å². The number of carbonyl (C=O) groups is 1. The summed E-state index contributed by atoms with van der Waals surface area (Å²) in [5, 5.41) is 2.24. The molecular formula is C22H35NO4S. The maximum Gasteiger partial charge on any atom is 0.238 e. The highest BCUT2D eigenvalue weighted by atomic mass is 32.2. The molecule has 8 atom stereocenters. The van der Waals surface area contributed by atoms with Crippen LogP contribution in [0.4, 0.5) is 0 Å². The lowest BCUT2D eigenvalue weighted by molar-refractivity contribution is -0.141. The average Bonchev–Trinajstić information content (AvgIpc) is 3.36. The molecule has 1 amide bonds. The molecule has 28 heavy (non-hydrogen) atoms. The fourth-order valence-corrected chi connectivity index (χ4v) is 8.82. The third-order valence-electron chi connectivity index (χ3n) is 9.41. The molecule has 5 aliphatic rings. The van der Waals surface area contributed by atoms with Crippen molar-refractivity contribution in [2.24, 2.45) is 28.6 Å². The highest BCUT2D eigenvalue weighted by Gasteiger charge is 2.62. The van der Waals surface area contributed by atoms with E-state index in [0.717, 1.165) is 19.3 Å². The number of nitrogens with one attached hydrogen (secondary N) is 1. The first kappa shape index (κ1) is 19.3. The smallest absolute Gasteiger partial charge is 0.238 e. The first-order chi connectivity index (χ1) is 13.1. The highest BCUT2D eigenvalue weighted by Crippen LogP contribution is 2.65. The second kappa shape index (κ2) is 6.19. The molecular weight excluding hydrogens is 374 g/mol. The lowest BCUT2D eigenvalue weighted by Gasteiger charge is -2.60. The molecule has 1 saturated heterocycles. The minimum Gasteiger partial charge on any atom is -0.374 e. The van der Waals surface area contributed by atoms with Crippen molar-refractivity contribution in [1.29, 1.82) is 0 Å². The Bertz CT molecular complexity index is 777. The van der Waals surface area contributed by atoms with E-state index >= 15 is 0 Å². The van der Waals surface area contributed by atoms with Gasteiger partial charge in [-0.3, -0.25) is 4.79 Å². The number of ether oxygens (including phenoxy) is 1. The number of carbonyl (C=O) groups excluding carboxylic acids is 1. The largest absolute Gasteiger partial charge is 0.374 e. The summed E-state index contributed by atoms with van der Waals surface area (Å²) in [5.41, 5.74) is 0.169. The summed E-state index contributed by atoms with van der Waals surface area (Å²) in [5.74, 6) is 1.56. The molecule has 1 aliphatic heterocycles. The van der Waals surface area contributed by atoms with Crippen molar-refractivity contribution in [3.8, 4) is 0 Å². The van der Waals surface area contributed by atoms with Crippen LogP contribution in [0.5, 0.6) is 0 Å². The Morgan fingerprint density at radius 2 is 1.68 bits per heavy atom. The Balaban J connectivity index is 1.42. The minimum atomic E-state index is -3.38. The van der Waals surface area contributed by atoms with Crippen LogP contribution in [0.2, 0.25) is 0 Å². The summed E-state index contributed by atoms with van der Waals surface area (Å²) in [7, 11) is -3.38.